The average molecular weight is 334 g/mol. The van der Waals surface area contributed by atoms with Crippen molar-refractivity contribution in [1.29, 1.82) is 0 Å². The van der Waals surface area contributed by atoms with Gasteiger partial charge >= 0.3 is 5.97 Å². The van der Waals surface area contributed by atoms with Crippen LogP contribution in [0.2, 0.25) is 0 Å². The van der Waals surface area contributed by atoms with Gasteiger partial charge in [-0.2, -0.15) is 0 Å². The summed E-state index contributed by atoms with van der Waals surface area (Å²) >= 11 is 0. The molecule has 23 heavy (non-hydrogen) atoms. The van der Waals surface area contributed by atoms with Crippen molar-refractivity contribution >= 4 is 21.6 Å². The van der Waals surface area contributed by atoms with Crippen LogP contribution < -0.4 is 5.32 Å². The zero-order valence-electron chi connectivity index (χ0n) is 12.9. The van der Waals surface area contributed by atoms with Gasteiger partial charge in [-0.15, -0.1) is 0 Å². The van der Waals surface area contributed by atoms with E-state index in [1.54, 1.807) is 43.3 Å². The number of rotatable bonds is 6. The fourth-order valence-corrected chi connectivity index (χ4v) is 2.51. The first-order valence-corrected chi connectivity index (χ1v) is 8.95. The Hall–Kier alpha value is -2.41. The van der Waals surface area contributed by atoms with Gasteiger partial charge in [-0.05, 0) is 36.8 Å². The van der Waals surface area contributed by atoms with Crippen LogP contribution in [-0.2, 0) is 21.1 Å². The van der Waals surface area contributed by atoms with E-state index in [0.29, 0.717) is 24.5 Å². The van der Waals surface area contributed by atoms with Crippen molar-refractivity contribution in [3.63, 3.8) is 0 Å². The number of hydrogen-bond acceptors (Lipinski definition) is 6. The number of ether oxygens (including phenoxy) is 1. The lowest BCUT2D eigenvalue weighted by Gasteiger charge is -2.07. The third kappa shape index (κ3) is 4.79. The minimum absolute atomic E-state index is 0.290. The molecule has 0 radical (unpaired) electrons. The highest BCUT2D eigenvalue weighted by Gasteiger charge is 2.07. The Bertz CT molecular complexity index is 769. The van der Waals surface area contributed by atoms with Crippen molar-refractivity contribution in [2.45, 2.75) is 18.4 Å². The Kier molecular flexibility index (Phi) is 5.33. The molecule has 0 fully saturated rings. The van der Waals surface area contributed by atoms with Crippen molar-refractivity contribution in [3.05, 3.63) is 53.7 Å². The predicted octanol–water partition coefficient (Wildman–Crippen LogP) is 2.27. The van der Waals surface area contributed by atoms with Crippen LogP contribution in [0.1, 0.15) is 22.8 Å². The number of sulfone groups is 1. The number of nitrogens with one attached hydrogen (secondary N) is 1. The molecule has 1 aromatic heterocycles. The molecule has 0 unspecified atom stereocenters. The number of esters is 1. The largest absolute Gasteiger partial charge is 0.462 e. The molecule has 1 aromatic carbocycles. The molecule has 1 heterocycles. The molecule has 0 aliphatic heterocycles. The van der Waals surface area contributed by atoms with Crippen LogP contribution in [0.25, 0.3) is 0 Å². The van der Waals surface area contributed by atoms with Crippen molar-refractivity contribution in [3.8, 4) is 0 Å². The highest BCUT2D eigenvalue weighted by atomic mass is 32.2. The molecule has 0 saturated heterocycles. The molecule has 0 spiro atoms. The Morgan fingerprint density at radius 2 is 1.87 bits per heavy atom. The quantitative estimate of drug-likeness (QED) is 0.816. The second-order valence-corrected chi connectivity index (χ2v) is 6.94. The van der Waals surface area contributed by atoms with E-state index in [4.69, 9.17) is 4.74 Å². The summed E-state index contributed by atoms with van der Waals surface area (Å²) in [6, 6.07) is 9.97. The van der Waals surface area contributed by atoms with E-state index in [0.717, 1.165) is 5.56 Å². The van der Waals surface area contributed by atoms with E-state index in [-0.39, 0.29) is 4.90 Å². The maximum Gasteiger partial charge on any atom is 0.339 e. The van der Waals surface area contributed by atoms with E-state index in [9.17, 15) is 13.2 Å². The van der Waals surface area contributed by atoms with Crippen LogP contribution in [0.15, 0.2) is 47.5 Å². The van der Waals surface area contributed by atoms with Gasteiger partial charge in [0.05, 0.1) is 17.1 Å². The maximum absolute atomic E-state index is 11.5. The molecular weight excluding hydrogens is 316 g/mol. The van der Waals surface area contributed by atoms with Crippen molar-refractivity contribution in [1.82, 2.24) is 4.98 Å². The topological polar surface area (TPSA) is 85.4 Å². The number of nitrogens with zero attached hydrogens (tertiary/aromatic N) is 1. The number of aromatic nitrogens is 1. The summed E-state index contributed by atoms with van der Waals surface area (Å²) in [4.78, 5) is 16.0. The van der Waals surface area contributed by atoms with Gasteiger partial charge in [-0.3, -0.25) is 0 Å². The normalized spacial score (nSPS) is 11.0. The Morgan fingerprint density at radius 3 is 2.39 bits per heavy atom. The molecule has 2 aromatic rings. The van der Waals surface area contributed by atoms with E-state index in [1.807, 2.05) is 0 Å². The van der Waals surface area contributed by atoms with Crippen LogP contribution in [-0.4, -0.2) is 32.2 Å². The predicted molar refractivity (Wildman–Crippen MR) is 87.1 cm³/mol. The van der Waals surface area contributed by atoms with Crippen LogP contribution in [0.4, 0.5) is 5.82 Å². The second-order valence-electron chi connectivity index (χ2n) is 4.92. The molecule has 0 aliphatic carbocycles. The highest BCUT2D eigenvalue weighted by molar-refractivity contribution is 7.90. The van der Waals surface area contributed by atoms with E-state index in [1.165, 1.54) is 12.5 Å². The van der Waals surface area contributed by atoms with E-state index >= 15 is 0 Å². The lowest BCUT2D eigenvalue weighted by molar-refractivity contribution is 0.0526. The van der Waals surface area contributed by atoms with Crippen LogP contribution >= 0.6 is 0 Å². The van der Waals surface area contributed by atoms with Gasteiger partial charge in [0, 0.05) is 19.0 Å². The molecule has 0 bridgehead atoms. The van der Waals surface area contributed by atoms with Crippen LogP contribution in [0.3, 0.4) is 0 Å². The fourth-order valence-electron chi connectivity index (χ4n) is 1.88. The Morgan fingerprint density at radius 1 is 1.17 bits per heavy atom. The summed E-state index contributed by atoms with van der Waals surface area (Å²) < 4.78 is 27.7. The average Bonchev–Trinajstić information content (AvgIpc) is 2.53. The number of hydrogen-bond donors (Lipinski definition) is 1. The van der Waals surface area contributed by atoms with Gasteiger partial charge in [0.25, 0.3) is 0 Å². The number of carbonyl (C=O) groups is 1. The summed E-state index contributed by atoms with van der Waals surface area (Å²) in [6.07, 6.45) is 2.63. The Labute approximate surface area is 135 Å². The molecular formula is C16H18N2O4S. The van der Waals surface area contributed by atoms with Gasteiger partial charge < -0.3 is 10.1 Å². The molecule has 0 amide bonds. The summed E-state index contributed by atoms with van der Waals surface area (Å²) in [5.41, 5.74) is 1.32. The van der Waals surface area contributed by atoms with Crippen molar-refractivity contribution < 1.29 is 17.9 Å². The minimum atomic E-state index is -3.18. The van der Waals surface area contributed by atoms with Gasteiger partial charge in [0.1, 0.15) is 5.82 Å². The first kappa shape index (κ1) is 17.0. The van der Waals surface area contributed by atoms with E-state index < -0.39 is 15.8 Å². The first-order chi connectivity index (χ1) is 10.9. The molecule has 122 valence electrons. The number of pyridine rings is 1. The van der Waals surface area contributed by atoms with Crippen molar-refractivity contribution in [2.24, 2.45) is 0 Å². The van der Waals surface area contributed by atoms with Crippen LogP contribution in [0, 0.1) is 0 Å². The summed E-state index contributed by atoms with van der Waals surface area (Å²) in [6.45, 7) is 2.56. The zero-order chi connectivity index (χ0) is 16.9. The lowest BCUT2D eigenvalue weighted by atomic mass is 10.2. The molecule has 0 atom stereocenters. The molecule has 2 rings (SSSR count). The molecule has 1 N–H and O–H groups in total. The fraction of sp³-hybridized carbons (Fsp3) is 0.250. The first-order valence-electron chi connectivity index (χ1n) is 7.06. The summed E-state index contributed by atoms with van der Waals surface area (Å²) in [5.74, 6) is 0.216. The third-order valence-corrected chi connectivity index (χ3v) is 4.23. The molecule has 0 aliphatic rings. The summed E-state index contributed by atoms with van der Waals surface area (Å²) in [5, 5.41) is 3.10. The second kappa shape index (κ2) is 7.23. The van der Waals surface area contributed by atoms with Gasteiger partial charge in [-0.1, -0.05) is 12.1 Å². The monoisotopic (exact) mass is 334 g/mol. The minimum Gasteiger partial charge on any atom is -0.462 e. The van der Waals surface area contributed by atoms with Gasteiger partial charge in [0.2, 0.25) is 0 Å². The SMILES string of the molecule is CCOC(=O)c1ccc(NCc2ccc(S(C)(=O)=O)cc2)nc1. The third-order valence-electron chi connectivity index (χ3n) is 3.10. The maximum atomic E-state index is 11.5. The van der Waals surface area contributed by atoms with Crippen LogP contribution in [0.5, 0.6) is 0 Å². The smallest absolute Gasteiger partial charge is 0.339 e. The van der Waals surface area contributed by atoms with Gasteiger partial charge in [0.15, 0.2) is 9.84 Å². The number of carbonyl (C=O) groups excluding carboxylic acids is 1. The zero-order valence-corrected chi connectivity index (χ0v) is 13.8. The van der Waals surface area contributed by atoms with Gasteiger partial charge in [-0.25, -0.2) is 18.2 Å². The lowest BCUT2D eigenvalue weighted by Crippen LogP contribution is -2.06. The number of benzene rings is 1. The standard InChI is InChI=1S/C16H18N2O4S/c1-3-22-16(19)13-6-9-15(18-11-13)17-10-12-4-7-14(8-5-12)23(2,20)21/h4-9,11H,3,10H2,1-2H3,(H,17,18). The van der Waals surface area contributed by atoms with Crippen molar-refractivity contribution in [2.75, 3.05) is 18.2 Å². The summed E-state index contributed by atoms with van der Waals surface area (Å²) in [7, 11) is -3.18. The van der Waals surface area contributed by atoms with E-state index in [2.05, 4.69) is 10.3 Å². The number of anilines is 1. The highest BCUT2D eigenvalue weighted by Crippen LogP contribution is 2.12. The molecule has 0 saturated carbocycles. The molecule has 6 nitrogen and oxygen atoms in total. The molecule has 7 heteroatoms. The Balaban J connectivity index is 1.97.